The average Bonchev–Trinajstić information content (AvgIpc) is 2.89. The smallest absolute Gasteiger partial charge is 0.306 e. The van der Waals surface area contributed by atoms with Crippen LogP contribution in [-0.4, -0.2) is 17.0 Å². The van der Waals surface area contributed by atoms with Crippen molar-refractivity contribution < 1.29 is 14.7 Å². The molecule has 3 atom stereocenters. The molecule has 0 bridgehead atoms. The number of halogens is 1. The predicted octanol–water partition coefficient (Wildman–Crippen LogP) is 3.02. The van der Waals surface area contributed by atoms with Gasteiger partial charge in [0, 0.05) is 10.9 Å². The molecule has 0 aliphatic heterocycles. The zero-order valence-corrected chi connectivity index (χ0v) is 12.1. The number of hydrogen-bond donors (Lipinski definition) is 2. The molecular weight excluding hydrogens is 278 g/mol. The molecule has 1 aromatic rings. The van der Waals surface area contributed by atoms with Crippen LogP contribution in [0.25, 0.3) is 0 Å². The lowest BCUT2D eigenvalue weighted by Crippen LogP contribution is -2.32. The summed E-state index contributed by atoms with van der Waals surface area (Å²) >= 11 is 5.83. The fraction of sp³-hybridized carbons (Fsp3) is 0.467. The van der Waals surface area contributed by atoms with Gasteiger partial charge >= 0.3 is 5.97 Å². The average molecular weight is 296 g/mol. The summed E-state index contributed by atoms with van der Waals surface area (Å²) in [5.74, 6) is -1.43. The molecule has 1 aromatic carbocycles. The molecule has 1 aliphatic carbocycles. The maximum absolute atomic E-state index is 12.1. The highest BCUT2D eigenvalue weighted by Crippen LogP contribution is 2.31. The van der Waals surface area contributed by atoms with Gasteiger partial charge in [-0.1, -0.05) is 23.7 Å². The zero-order valence-electron chi connectivity index (χ0n) is 11.3. The van der Waals surface area contributed by atoms with Crippen molar-refractivity contribution >= 4 is 23.5 Å². The summed E-state index contributed by atoms with van der Waals surface area (Å²) in [7, 11) is 0. The molecule has 1 amide bonds. The van der Waals surface area contributed by atoms with E-state index in [1.165, 1.54) is 0 Å². The zero-order chi connectivity index (χ0) is 14.7. The number of carbonyl (C=O) groups excluding carboxylic acids is 1. The third-order valence-electron chi connectivity index (χ3n) is 3.88. The molecule has 0 spiro atoms. The molecule has 3 unspecified atom stereocenters. The van der Waals surface area contributed by atoms with Crippen LogP contribution in [0.15, 0.2) is 24.3 Å². The summed E-state index contributed by atoms with van der Waals surface area (Å²) < 4.78 is 0. The van der Waals surface area contributed by atoms with Crippen LogP contribution >= 0.6 is 11.6 Å². The van der Waals surface area contributed by atoms with E-state index in [4.69, 9.17) is 16.7 Å². The third kappa shape index (κ3) is 3.51. The summed E-state index contributed by atoms with van der Waals surface area (Å²) in [5, 5.41) is 12.6. The van der Waals surface area contributed by atoms with E-state index in [1.807, 2.05) is 19.1 Å². The number of amides is 1. The first-order valence-corrected chi connectivity index (χ1v) is 7.14. The largest absolute Gasteiger partial charge is 0.481 e. The molecule has 0 aromatic heterocycles. The monoisotopic (exact) mass is 295 g/mol. The summed E-state index contributed by atoms with van der Waals surface area (Å²) in [5.41, 5.74) is 0.982. The maximum atomic E-state index is 12.1. The molecular formula is C15H18ClNO3. The number of rotatable bonds is 4. The van der Waals surface area contributed by atoms with Gasteiger partial charge in [0.15, 0.2) is 0 Å². The van der Waals surface area contributed by atoms with Gasteiger partial charge < -0.3 is 10.4 Å². The van der Waals surface area contributed by atoms with Crippen molar-refractivity contribution in [3.63, 3.8) is 0 Å². The number of carboxylic acids is 1. The first-order chi connectivity index (χ1) is 9.47. The van der Waals surface area contributed by atoms with E-state index in [9.17, 15) is 9.59 Å². The van der Waals surface area contributed by atoms with E-state index in [-0.39, 0.29) is 23.8 Å². The third-order valence-corrected chi connectivity index (χ3v) is 4.13. The van der Waals surface area contributed by atoms with Crippen LogP contribution < -0.4 is 5.32 Å². The van der Waals surface area contributed by atoms with Crippen LogP contribution in [0.3, 0.4) is 0 Å². The van der Waals surface area contributed by atoms with Crippen molar-refractivity contribution in [3.05, 3.63) is 34.9 Å². The minimum absolute atomic E-state index is 0.0591. The van der Waals surface area contributed by atoms with Crippen LogP contribution in [0.5, 0.6) is 0 Å². The molecule has 1 saturated carbocycles. The van der Waals surface area contributed by atoms with Gasteiger partial charge in [0.25, 0.3) is 0 Å². The van der Waals surface area contributed by atoms with Crippen LogP contribution in [-0.2, 0) is 9.59 Å². The fourth-order valence-electron chi connectivity index (χ4n) is 2.61. The van der Waals surface area contributed by atoms with Crippen molar-refractivity contribution in [1.82, 2.24) is 5.32 Å². The normalized spacial score (nSPS) is 23.3. The van der Waals surface area contributed by atoms with E-state index in [2.05, 4.69) is 5.32 Å². The molecule has 108 valence electrons. The van der Waals surface area contributed by atoms with E-state index < -0.39 is 5.97 Å². The molecule has 2 N–H and O–H groups in total. The van der Waals surface area contributed by atoms with Crippen LogP contribution in [0.2, 0.25) is 5.02 Å². The Morgan fingerprint density at radius 1 is 1.25 bits per heavy atom. The van der Waals surface area contributed by atoms with Gasteiger partial charge in [0.05, 0.1) is 12.0 Å². The molecule has 20 heavy (non-hydrogen) atoms. The van der Waals surface area contributed by atoms with Crippen LogP contribution in [0, 0.1) is 11.8 Å². The van der Waals surface area contributed by atoms with E-state index in [0.717, 1.165) is 5.56 Å². The van der Waals surface area contributed by atoms with E-state index in [1.54, 1.807) is 12.1 Å². The van der Waals surface area contributed by atoms with Gasteiger partial charge in [-0.2, -0.15) is 0 Å². The Morgan fingerprint density at radius 2 is 1.85 bits per heavy atom. The van der Waals surface area contributed by atoms with Crippen LogP contribution in [0.4, 0.5) is 0 Å². The Morgan fingerprint density at radius 3 is 2.40 bits per heavy atom. The van der Waals surface area contributed by atoms with E-state index >= 15 is 0 Å². The standard InChI is InChI=1S/C15H18ClNO3/c1-9(10-4-6-13(16)7-5-10)17-14(18)11-2-3-12(8-11)15(19)20/h4-7,9,11-12H,2-3,8H2,1H3,(H,17,18)(H,19,20). The fourth-order valence-corrected chi connectivity index (χ4v) is 2.74. The number of carbonyl (C=O) groups is 2. The lowest BCUT2D eigenvalue weighted by Gasteiger charge is -2.17. The Hall–Kier alpha value is -1.55. The first-order valence-electron chi connectivity index (χ1n) is 6.76. The highest BCUT2D eigenvalue weighted by atomic mass is 35.5. The molecule has 0 radical (unpaired) electrons. The number of hydrogen-bond acceptors (Lipinski definition) is 2. The maximum Gasteiger partial charge on any atom is 0.306 e. The summed E-state index contributed by atoms with van der Waals surface area (Å²) in [4.78, 5) is 23.0. The quantitative estimate of drug-likeness (QED) is 0.897. The second-order valence-corrected chi connectivity index (χ2v) is 5.76. The number of aliphatic carboxylic acids is 1. The van der Waals surface area contributed by atoms with Gasteiger partial charge in [-0.15, -0.1) is 0 Å². The van der Waals surface area contributed by atoms with Crippen molar-refractivity contribution in [2.24, 2.45) is 11.8 Å². The summed E-state index contributed by atoms with van der Waals surface area (Å²) in [6.45, 7) is 1.91. The number of benzene rings is 1. The molecule has 0 saturated heterocycles. The van der Waals surface area contributed by atoms with E-state index in [0.29, 0.717) is 24.3 Å². The Bertz CT molecular complexity index is 500. The molecule has 0 heterocycles. The predicted molar refractivity (Wildman–Crippen MR) is 76.5 cm³/mol. The highest BCUT2D eigenvalue weighted by molar-refractivity contribution is 6.30. The molecule has 1 aliphatic rings. The number of nitrogens with one attached hydrogen (secondary N) is 1. The Labute approximate surface area is 123 Å². The Kier molecular flexibility index (Phi) is 4.65. The van der Waals surface area contributed by atoms with Crippen molar-refractivity contribution in [2.45, 2.75) is 32.2 Å². The molecule has 2 rings (SSSR count). The lowest BCUT2D eigenvalue weighted by atomic mass is 10.0. The topological polar surface area (TPSA) is 66.4 Å². The molecule has 5 heteroatoms. The van der Waals surface area contributed by atoms with Crippen molar-refractivity contribution in [2.75, 3.05) is 0 Å². The minimum atomic E-state index is -0.800. The van der Waals surface area contributed by atoms with Crippen LogP contribution in [0.1, 0.15) is 37.8 Å². The summed E-state index contributed by atoms with van der Waals surface area (Å²) in [6, 6.07) is 7.22. The van der Waals surface area contributed by atoms with Gasteiger partial charge in [0.1, 0.15) is 0 Å². The van der Waals surface area contributed by atoms with Gasteiger partial charge in [-0.05, 0) is 43.9 Å². The van der Waals surface area contributed by atoms with Crippen molar-refractivity contribution in [3.8, 4) is 0 Å². The summed E-state index contributed by atoms with van der Waals surface area (Å²) in [6.07, 6.45) is 1.67. The highest BCUT2D eigenvalue weighted by Gasteiger charge is 2.34. The van der Waals surface area contributed by atoms with Crippen molar-refractivity contribution in [1.29, 1.82) is 0 Å². The van der Waals surface area contributed by atoms with Gasteiger partial charge in [-0.25, -0.2) is 0 Å². The number of carboxylic acid groups (broad SMARTS) is 1. The lowest BCUT2D eigenvalue weighted by molar-refractivity contribution is -0.141. The van der Waals surface area contributed by atoms with Gasteiger partial charge in [-0.3, -0.25) is 9.59 Å². The Balaban J connectivity index is 1.91. The SMILES string of the molecule is CC(NC(=O)C1CCC(C(=O)O)C1)c1ccc(Cl)cc1. The minimum Gasteiger partial charge on any atom is -0.481 e. The molecule has 1 fully saturated rings. The van der Waals surface area contributed by atoms with Gasteiger partial charge in [0.2, 0.25) is 5.91 Å². The molecule has 4 nitrogen and oxygen atoms in total. The second-order valence-electron chi connectivity index (χ2n) is 5.33. The first kappa shape index (κ1) is 14.9. The second kappa shape index (κ2) is 6.27.